The van der Waals surface area contributed by atoms with Crippen molar-refractivity contribution in [2.75, 3.05) is 44.2 Å². The first kappa shape index (κ1) is 12.4. The first-order valence-corrected chi connectivity index (χ1v) is 6.84. The van der Waals surface area contributed by atoms with E-state index in [-0.39, 0.29) is 5.91 Å². The van der Waals surface area contributed by atoms with Crippen molar-refractivity contribution in [2.24, 2.45) is 5.73 Å². The molecule has 0 radical (unpaired) electrons. The first-order valence-electron chi connectivity index (χ1n) is 6.84. The summed E-state index contributed by atoms with van der Waals surface area (Å²) in [5.74, 6) is -0.346. The van der Waals surface area contributed by atoms with E-state index in [4.69, 9.17) is 5.73 Å². The molecule has 0 unspecified atom stereocenters. The van der Waals surface area contributed by atoms with Gasteiger partial charge in [0, 0.05) is 51.0 Å². The number of piperazine rings is 1. The lowest BCUT2D eigenvalue weighted by molar-refractivity contribution is 0.0999. The van der Waals surface area contributed by atoms with Crippen molar-refractivity contribution in [3.63, 3.8) is 0 Å². The predicted octanol–water partition coefficient (Wildman–Crippen LogP) is -0.121. The highest BCUT2D eigenvalue weighted by Crippen LogP contribution is 2.27. The molecule has 102 valence electrons. The average Bonchev–Trinajstić information content (AvgIpc) is 2.39. The Morgan fingerprint density at radius 2 is 1.89 bits per heavy atom. The topological polar surface area (TPSA) is 61.6 Å². The molecule has 3 rings (SSSR count). The van der Waals surface area contributed by atoms with Gasteiger partial charge in [-0.2, -0.15) is 0 Å². The number of nitrogens with one attached hydrogen (secondary N) is 1. The largest absolute Gasteiger partial charge is 0.368 e. The maximum atomic E-state index is 11.4. The van der Waals surface area contributed by atoms with Crippen LogP contribution < -0.4 is 16.0 Å². The number of benzene rings is 1. The Morgan fingerprint density at radius 1 is 1.21 bits per heavy atom. The Labute approximate surface area is 113 Å². The van der Waals surface area contributed by atoms with Crippen LogP contribution in [0.25, 0.3) is 0 Å². The molecule has 0 bridgehead atoms. The lowest BCUT2D eigenvalue weighted by atomic mass is 10.0. The molecule has 0 saturated carbocycles. The molecule has 0 aliphatic carbocycles. The van der Waals surface area contributed by atoms with Gasteiger partial charge in [-0.05, 0) is 12.1 Å². The van der Waals surface area contributed by atoms with Crippen LogP contribution >= 0.6 is 0 Å². The van der Waals surface area contributed by atoms with Crippen molar-refractivity contribution in [1.29, 1.82) is 0 Å². The SMILES string of the molecule is NC(=O)c1ccccc1N1CC(N2CCNCC2)C1. The van der Waals surface area contributed by atoms with Gasteiger partial charge in [-0.25, -0.2) is 0 Å². The second-order valence-electron chi connectivity index (χ2n) is 5.23. The van der Waals surface area contributed by atoms with Crippen LogP contribution in [0, 0.1) is 0 Å². The molecule has 1 amide bonds. The Bertz CT molecular complexity index is 464. The number of nitrogens with two attached hydrogens (primary N) is 1. The van der Waals surface area contributed by atoms with Gasteiger partial charge >= 0.3 is 0 Å². The van der Waals surface area contributed by atoms with Gasteiger partial charge in [0.1, 0.15) is 0 Å². The molecule has 0 spiro atoms. The second-order valence-corrected chi connectivity index (χ2v) is 5.23. The number of rotatable bonds is 3. The van der Waals surface area contributed by atoms with E-state index in [9.17, 15) is 4.79 Å². The molecule has 2 fully saturated rings. The minimum Gasteiger partial charge on any atom is -0.368 e. The van der Waals surface area contributed by atoms with E-state index < -0.39 is 0 Å². The molecule has 19 heavy (non-hydrogen) atoms. The number of carbonyl (C=O) groups is 1. The van der Waals surface area contributed by atoms with Crippen molar-refractivity contribution in [1.82, 2.24) is 10.2 Å². The van der Waals surface area contributed by atoms with Gasteiger partial charge < -0.3 is 16.0 Å². The van der Waals surface area contributed by atoms with Crippen molar-refractivity contribution < 1.29 is 4.79 Å². The summed E-state index contributed by atoms with van der Waals surface area (Å²) in [4.78, 5) is 16.2. The molecule has 5 nitrogen and oxygen atoms in total. The number of nitrogens with zero attached hydrogens (tertiary/aromatic N) is 2. The van der Waals surface area contributed by atoms with Crippen LogP contribution in [0.2, 0.25) is 0 Å². The average molecular weight is 260 g/mol. The van der Waals surface area contributed by atoms with Crippen molar-refractivity contribution in [3.8, 4) is 0 Å². The van der Waals surface area contributed by atoms with E-state index >= 15 is 0 Å². The Balaban J connectivity index is 1.65. The predicted molar refractivity (Wildman–Crippen MR) is 75.4 cm³/mol. The number of hydrogen-bond acceptors (Lipinski definition) is 4. The van der Waals surface area contributed by atoms with Gasteiger partial charge in [-0.3, -0.25) is 9.69 Å². The standard InChI is InChI=1S/C14H20N4O/c15-14(19)12-3-1-2-4-13(12)18-9-11(10-18)17-7-5-16-6-8-17/h1-4,11,16H,5-10H2,(H2,15,19). The van der Waals surface area contributed by atoms with Gasteiger partial charge in [-0.15, -0.1) is 0 Å². The molecule has 2 heterocycles. The van der Waals surface area contributed by atoms with Crippen LogP contribution in [0.5, 0.6) is 0 Å². The highest BCUT2D eigenvalue weighted by Gasteiger charge is 2.33. The van der Waals surface area contributed by atoms with Gasteiger partial charge in [0.25, 0.3) is 5.91 Å². The molecule has 2 aliphatic heterocycles. The van der Waals surface area contributed by atoms with Crippen molar-refractivity contribution >= 4 is 11.6 Å². The molecular formula is C14H20N4O. The van der Waals surface area contributed by atoms with E-state index in [1.54, 1.807) is 6.07 Å². The minimum atomic E-state index is -0.346. The summed E-state index contributed by atoms with van der Waals surface area (Å²) in [6.07, 6.45) is 0. The molecular weight excluding hydrogens is 240 g/mol. The summed E-state index contributed by atoms with van der Waals surface area (Å²) >= 11 is 0. The summed E-state index contributed by atoms with van der Waals surface area (Å²) in [5.41, 5.74) is 7.02. The summed E-state index contributed by atoms with van der Waals surface area (Å²) < 4.78 is 0. The summed E-state index contributed by atoms with van der Waals surface area (Å²) in [5, 5.41) is 3.37. The molecule has 3 N–H and O–H groups in total. The third-order valence-corrected chi connectivity index (χ3v) is 4.04. The molecule has 2 saturated heterocycles. The maximum Gasteiger partial charge on any atom is 0.250 e. The van der Waals surface area contributed by atoms with Gasteiger partial charge in [0.05, 0.1) is 5.56 Å². The lowest BCUT2D eigenvalue weighted by Crippen LogP contribution is -2.63. The van der Waals surface area contributed by atoms with Gasteiger partial charge in [0.2, 0.25) is 0 Å². The Kier molecular flexibility index (Phi) is 3.40. The van der Waals surface area contributed by atoms with E-state index in [2.05, 4.69) is 15.1 Å². The third kappa shape index (κ3) is 2.43. The van der Waals surface area contributed by atoms with Crippen LogP contribution in [0.3, 0.4) is 0 Å². The highest BCUT2D eigenvalue weighted by atomic mass is 16.1. The Hall–Kier alpha value is -1.59. The second kappa shape index (κ2) is 5.19. The minimum absolute atomic E-state index is 0.346. The number of carbonyl (C=O) groups excluding carboxylic acids is 1. The summed E-state index contributed by atoms with van der Waals surface area (Å²) in [6, 6.07) is 8.21. The number of amides is 1. The molecule has 2 aliphatic rings. The molecule has 0 atom stereocenters. The van der Waals surface area contributed by atoms with E-state index in [1.807, 2.05) is 18.2 Å². The lowest BCUT2D eigenvalue weighted by Gasteiger charge is -2.48. The van der Waals surface area contributed by atoms with Crippen LogP contribution in [-0.2, 0) is 0 Å². The number of hydrogen-bond donors (Lipinski definition) is 2. The first-order chi connectivity index (χ1) is 9.25. The third-order valence-electron chi connectivity index (χ3n) is 4.04. The number of anilines is 1. The smallest absolute Gasteiger partial charge is 0.250 e. The molecule has 1 aromatic carbocycles. The van der Waals surface area contributed by atoms with Crippen molar-refractivity contribution in [2.45, 2.75) is 6.04 Å². The molecule has 5 heteroatoms. The van der Waals surface area contributed by atoms with Crippen LogP contribution in [0.1, 0.15) is 10.4 Å². The Morgan fingerprint density at radius 3 is 2.58 bits per heavy atom. The fourth-order valence-corrected chi connectivity index (χ4v) is 2.89. The molecule has 0 aromatic heterocycles. The summed E-state index contributed by atoms with van der Waals surface area (Å²) in [6.45, 7) is 6.38. The van der Waals surface area contributed by atoms with E-state index in [1.165, 1.54) is 0 Å². The van der Waals surface area contributed by atoms with Crippen LogP contribution in [0.15, 0.2) is 24.3 Å². The monoisotopic (exact) mass is 260 g/mol. The maximum absolute atomic E-state index is 11.4. The zero-order valence-corrected chi connectivity index (χ0v) is 11.0. The molecule has 1 aromatic rings. The van der Waals surface area contributed by atoms with Gasteiger partial charge in [0.15, 0.2) is 0 Å². The fraction of sp³-hybridized carbons (Fsp3) is 0.500. The fourth-order valence-electron chi connectivity index (χ4n) is 2.89. The number of primary amides is 1. The summed E-state index contributed by atoms with van der Waals surface area (Å²) in [7, 11) is 0. The number of para-hydroxylation sites is 1. The van der Waals surface area contributed by atoms with Gasteiger partial charge in [-0.1, -0.05) is 12.1 Å². The van der Waals surface area contributed by atoms with E-state index in [0.717, 1.165) is 45.0 Å². The highest BCUT2D eigenvalue weighted by molar-refractivity contribution is 5.98. The van der Waals surface area contributed by atoms with Crippen LogP contribution in [-0.4, -0.2) is 56.1 Å². The zero-order valence-electron chi connectivity index (χ0n) is 11.0. The quantitative estimate of drug-likeness (QED) is 0.795. The van der Waals surface area contributed by atoms with E-state index in [0.29, 0.717) is 11.6 Å². The normalized spacial score (nSPS) is 21.2. The zero-order chi connectivity index (χ0) is 13.2. The van der Waals surface area contributed by atoms with Crippen LogP contribution in [0.4, 0.5) is 5.69 Å². The van der Waals surface area contributed by atoms with Crippen molar-refractivity contribution in [3.05, 3.63) is 29.8 Å².